The van der Waals surface area contributed by atoms with Crippen molar-refractivity contribution in [1.29, 1.82) is 0 Å². The minimum Gasteiger partial charge on any atom is -0.254 e. The monoisotopic (exact) mass is 619 g/mol. The summed E-state index contributed by atoms with van der Waals surface area (Å²) < 4.78 is 2.36. The largest absolute Gasteiger partial charge is 0.254 e. The molecule has 9 aromatic rings. The minimum absolute atomic E-state index is 0.621. The molecule has 0 N–H and O–H groups in total. The predicted octanol–water partition coefficient (Wildman–Crippen LogP) is 10.5. The second kappa shape index (κ2) is 11.4. The van der Waals surface area contributed by atoms with E-state index in [1.165, 1.54) is 15.6 Å². The molecule has 0 aliphatic carbocycles. The Hall–Kier alpha value is -6.11. The second-order valence-electron chi connectivity index (χ2n) is 11.3. The van der Waals surface area contributed by atoms with E-state index in [-0.39, 0.29) is 0 Å². The van der Waals surface area contributed by atoms with Crippen molar-refractivity contribution >= 4 is 42.5 Å². The van der Waals surface area contributed by atoms with Crippen LogP contribution in [0, 0.1) is 0 Å². The Kier molecular flexibility index (Phi) is 6.58. The van der Waals surface area contributed by atoms with Crippen molar-refractivity contribution in [3.05, 3.63) is 152 Å². The number of nitrogens with zero attached hydrogens (tertiary/aromatic N) is 5. The number of aromatic nitrogens is 5. The fourth-order valence-electron chi connectivity index (χ4n) is 6.06. The molecule has 5 aromatic carbocycles. The van der Waals surface area contributed by atoms with Gasteiger partial charge in [0.2, 0.25) is 0 Å². The van der Waals surface area contributed by atoms with Crippen LogP contribution in [0.3, 0.4) is 0 Å². The second-order valence-corrected chi connectivity index (χ2v) is 12.4. The van der Waals surface area contributed by atoms with Crippen molar-refractivity contribution < 1.29 is 0 Å². The maximum Gasteiger partial charge on any atom is 0.164 e. The summed E-state index contributed by atoms with van der Waals surface area (Å²) in [7, 11) is 0. The molecule has 6 heteroatoms. The van der Waals surface area contributed by atoms with E-state index in [9.17, 15) is 0 Å². The molecular formula is C41H25N5S. The fraction of sp³-hybridized carbons (Fsp3) is 0. The van der Waals surface area contributed by atoms with Crippen molar-refractivity contribution in [3.8, 4) is 56.5 Å². The van der Waals surface area contributed by atoms with E-state index in [1.807, 2.05) is 54.7 Å². The van der Waals surface area contributed by atoms with Crippen LogP contribution in [0.4, 0.5) is 0 Å². The van der Waals surface area contributed by atoms with Gasteiger partial charge in [0, 0.05) is 43.9 Å². The first-order chi connectivity index (χ1) is 23.3. The molecule has 0 aliphatic heterocycles. The zero-order valence-corrected chi connectivity index (χ0v) is 25.9. The summed E-state index contributed by atoms with van der Waals surface area (Å²) in [5, 5.41) is 2.36. The zero-order chi connectivity index (χ0) is 31.2. The highest BCUT2D eigenvalue weighted by Crippen LogP contribution is 2.42. The van der Waals surface area contributed by atoms with Crippen molar-refractivity contribution in [2.24, 2.45) is 0 Å². The van der Waals surface area contributed by atoms with E-state index >= 15 is 0 Å². The Balaban J connectivity index is 1.15. The highest BCUT2D eigenvalue weighted by Gasteiger charge is 2.18. The highest BCUT2D eigenvalue weighted by molar-refractivity contribution is 7.26. The van der Waals surface area contributed by atoms with Gasteiger partial charge in [-0.25, -0.2) is 19.9 Å². The number of fused-ring (bicyclic) bond motifs is 5. The average Bonchev–Trinajstić information content (AvgIpc) is 3.55. The van der Waals surface area contributed by atoms with Gasteiger partial charge in [0.15, 0.2) is 17.5 Å². The third kappa shape index (κ3) is 4.92. The summed E-state index contributed by atoms with van der Waals surface area (Å²) in [6, 6.07) is 49.7. The Morgan fingerprint density at radius 1 is 0.404 bits per heavy atom. The number of hydrogen-bond donors (Lipinski definition) is 0. The lowest BCUT2D eigenvalue weighted by molar-refractivity contribution is 1.07. The number of pyridine rings is 2. The van der Waals surface area contributed by atoms with E-state index in [0.29, 0.717) is 17.5 Å². The molecule has 0 unspecified atom stereocenters. The summed E-state index contributed by atoms with van der Waals surface area (Å²) >= 11 is 1.76. The van der Waals surface area contributed by atoms with Gasteiger partial charge in [-0.2, -0.15) is 0 Å². The van der Waals surface area contributed by atoms with Crippen molar-refractivity contribution in [1.82, 2.24) is 24.9 Å². The number of thiophene rings is 1. The normalized spacial score (nSPS) is 11.4. The van der Waals surface area contributed by atoms with Gasteiger partial charge in [0.05, 0.1) is 21.4 Å². The Morgan fingerprint density at radius 3 is 1.57 bits per heavy atom. The summed E-state index contributed by atoms with van der Waals surface area (Å²) in [5.41, 5.74) is 8.90. The molecule has 220 valence electrons. The molecule has 0 saturated heterocycles. The molecule has 0 aliphatic rings. The third-order valence-corrected chi connectivity index (χ3v) is 9.58. The van der Waals surface area contributed by atoms with Crippen molar-refractivity contribution in [2.45, 2.75) is 0 Å². The van der Waals surface area contributed by atoms with Crippen LogP contribution in [0.1, 0.15) is 0 Å². The molecule has 0 atom stereocenters. The van der Waals surface area contributed by atoms with Gasteiger partial charge in [0.1, 0.15) is 0 Å². The van der Waals surface area contributed by atoms with Crippen LogP contribution in [0.5, 0.6) is 0 Å². The molecule has 47 heavy (non-hydrogen) atoms. The first-order valence-electron chi connectivity index (χ1n) is 15.4. The van der Waals surface area contributed by atoms with E-state index in [0.717, 1.165) is 54.6 Å². The molecule has 0 saturated carbocycles. The number of rotatable bonds is 5. The Bertz CT molecular complexity index is 2540. The van der Waals surface area contributed by atoms with Gasteiger partial charge in [-0.15, -0.1) is 11.3 Å². The van der Waals surface area contributed by atoms with Gasteiger partial charge >= 0.3 is 0 Å². The van der Waals surface area contributed by atoms with Crippen LogP contribution < -0.4 is 0 Å². The topological polar surface area (TPSA) is 64.5 Å². The average molecular weight is 620 g/mol. The lowest BCUT2D eigenvalue weighted by Crippen LogP contribution is -2.00. The van der Waals surface area contributed by atoms with Gasteiger partial charge in [-0.05, 0) is 29.3 Å². The van der Waals surface area contributed by atoms with Gasteiger partial charge in [-0.3, -0.25) is 4.98 Å². The summed E-state index contributed by atoms with van der Waals surface area (Å²) in [6.45, 7) is 0. The lowest BCUT2D eigenvalue weighted by Gasteiger charge is -2.10. The maximum absolute atomic E-state index is 5.11. The van der Waals surface area contributed by atoms with Gasteiger partial charge in [-0.1, -0.05) is 127 Å². The number of hydrogen-bond acceptors (Lipinski definition) is 6. The quantitative estimate of drug-likeness (QED) is 0.192. The van der Waals surface area contributed by atoms with Gasteiger partial charge in [0.25, 0.3) is 0 Å². The molecule has 9 rings (SSSR count). The van der Waals surface area contributed by atoms with E-state index in [1.54, 1.807) is 11.3 Å². The molecule has 4 heterocycles. The minimum atomic E-state index is 0.621. The molecule has 4 aromatic heterocycles. The van der Waals surface area contributed by atoms with E-state index in [4.69, 9.17) is 24.9 Å². The molecule has 5 nitrogen and oxygen atoms in total. The van der Waals surface area contributed by atoms with Crippen LogP contribution in [-0.2, 0) is 0 Å². The lowest BCUT2D eigenvalue weighted by atomic mass is 10.0. The smallest absolute Gasteiger partial charge is 0.164 e. The predicted molar refractivity (Wildman–Crippen MR) is 193 cm³/mol. The molecule has 0 bridgehead atoms. The van der Waals surface area contributed by atoms with Crippen LogP contribution >= 0.6 is 11.3 Å². The number of benzene rings is 5. The van der Waals surface area contributed by atoms with Crippen LogP contribution in [-0.4, -0.2) is 24.9 Å². The standard InChI is InChI=1S/C41H25N5S/c1-3-10-26(11-4-1)27-17-21-30(22-18-27)40-44-39(29-12-5-2-6-13-29)45-41(46-40)31-23-19-28(20-24-31)36-38-35(32-14-7-8-16-34(32)47-38)37-33(43-36)15-9-25-42-37/h1-25H. The first-order valence-corrected chi connectivity index (χ1v) is 16.2. The zero-order valence-electron chi connectivity index (χ0n) is 25.1. The molecule has 0 radical (unpaired) electrons. The van der Waals surface area contributed by atoms with E-state index in [2.05, 4.69) is 97.1 Å². The van der Waals surface area contributed by atoms with Crippen LogP contribution in [0.2, 0.25) is 0 Å². The van der Waals surface area contributed by atoms with Crippen molar-refractivity contribution in [3.63, 3.8) is 0 Å². The van der Waals surface area contributed by atoms with Crippen LogP contribution in [0.15, 0.2) is 152 Å². The summed E-state index contributed by atoms with van der Waals surface area (Å²) in [5.74, 6) is 1.89. The Morgan fingerprint density at radius 2 is 0.915 bits per heavy atom. The Labute approximate surface area is 275 Å². The highest BCUT2D eigenvalue weighted by atomic mass is 32.1. The van der Waals surface area contributed by atoms with E-state index < -0.39 is 0 Å². The third-order valence-electron chi connectivity index (χ3n) is 8.40. The SMILES string of the molecule is c1ccc(-c2ccc(-c3nc(-c4ccccc4)nc(-c4ccc(-c5nc6cccnc6c6c5sc5ccccc56)cc4)n3)cc2)cc1. The molecular weight excluding hydrogens is 595 g/mol. The molecule has 0 amide bonds. The summed E-state index contributed by atoms with van der Waals surface area (Å²) in [4.78, 5) is 24.7. The van der Waals surface area contributed by atoms with Crippen molar-refractivity contribution in [2.75, 3.05) is 0 Å². The molecule has 0 spiro atoms. The van der Waals surface area contributed by atoms with Gasteiger partial charge < -0.3 is 0 Å². The van der Waals surface area contributed by atoms with Crippen LogP contribution in [0.25, 0.3) is 87.8 Å². The fourth-order valence-corrected chi connectivity index (χ4v) is 7.28. The molecule has 0 fully saturated rings. The first kappa shape index (κ1) is 27.2. The maximum atomic E-state index is 5.11. The summed E-state index contributed by atoms with van der Waals surface area (Å²) in [6.07, 6.45) is 1.84.